The highest BCUT2D eigenvalue weighted by atomic mass is 16.5. The highest BCUT2D eigenvalue weighted by molar-refractivity contribution is 6.06. The van der Waals surface area contributed by atoms with Crippen LogP contribution in [0.25, 0.3) is 0 Å². The lowest BCUT2D eigenvalue weighted by Gasteiger charge is -2.06. The predicted octanol–water partition coefficient (Wildman–Crippen LogP) is 2.72. The monoisotopic (exact) mass is 336 g/mol. The van der Waals surface area contributed by atoms with Crippen molar-refractivity contribution >= 4 is 23.3 Å². The molecule has 0 spiro atoms. The van der Waals surface area contributed by atoms with E-state index in [0.29, 0.717) is 16.9 Å². The normalized spacial score (nSPS) is 10.5. The highest BCUT2D eigenvalue weighted by Gasteiger charge is 2.10. The van der Waals surface area contributed by atoms with E-state index >= 15 is 0 Å². The lowest BCUT2D eigenvalue weighted by molar-refractivity contribution is -0.112. The summed E-state index contributed by atoms with van der Waals surface area (Å²) in [6.07, 6.45) is 4.49. The largest absolute Gasteiger partial charge is 0.462 e. The fraction of sp³-hybridized carbons (Fsp3) is 0.111. The predicted molar refractivity (Wildman–Crippen MR) is 92.6 cm³/mol. The molecule has 1 aromatic heterocycles. The van der Waals surface area contributed by atoms with Crippen molar-refractivity contribution in [3.05, 3.63) is 66.1 Å². The summed E-state index contributed by atoms with van der Waals surface area (Å²) < 4.78 is 4.89. The molecular weight excluding hydrogens is 320 g/mol. The number of hydrogen-bond donors (Lipinski definition) is 2. The third-order valence-corrected chi connectivity index (χ3v) is 3.06. The SMILES string of the molecule is CCOC(=O)c1ccc(NC(=O)/C(C#N)=C\Nc2cccnc2)cc1. The van der Waals surface area contributed by atoms with E-state index in [4.69, 9.17) is 10.00 Å². The van der Waals surface area contributed by atoms with E-state index in [1.54, 1.807) is 43.6 Å². The van der Waals surface area contributed by atoms with Crippen molar-refractivity contribution in [2.45, 2.75) is 6.92 Å². The number of carbonyl (C=O) groups excluding carboxylic acids is 2. The second kappa shape index (κ2) is 8.84. The van der Waals surface area contributed by atoms with Gasteiger partial charge in [-0.05, 0) is 43.3 Å². The number of nitrogens with zero attached hydrogens (tertiary/aromatic N) is 2. The maximum atomic E-state index is 12.1. The number of benzene rings is 1. The zero-order valence-corrected chi connectivity index (χ0v) is 13.5. The van der Waals surface area contributed by atoms with Gasteiger partial charge in [-0.1, -0.05) is 0 Å². The van der Waals surface area contributed by atoms with Crippen molar-refractivity contribution in [2.24, 2.45) is 0 Å². The molecule has 7 heteroatoms. The van der Waals surface area contributed by atoms with E-state index < -0.39 is 11.9 Å². The van der Waals surface area contributed by atoms with Crippen molar-refractivity contribution in [3.8, 4) is 6.07 Å². The molecule has 0 aliphatic carbocycles. The summed E-state index contributed by atoms with van der Waals surface area (Å²) in [6.45, 7) is 2.01. The van der Waals surface area contributed by atoms with Crippen LogP contribution in [0.2, 0.25) is 0 Å². The molecule has 0 radical (unpaired) electrons. The van der Waals surface area contributed by atoms with Crippen LogP contribution < -0.4 is 10.6 Å². The molecule has 2 rings (SSSR count). The number of nitrogens with one attached hydrogen (secondary N) is 2. The zero-order chi connectivity index (χ0) is 18.1. The standard InChI is InChI=1S/C18H16N4O3/c1-2-25-18(24)13-5-7-15(8-6-13)22-17(23)14(10-19)11-21-16-4-3-9-20-12-16/h3-9,11-12,21H,2H2,1H3,(H,22,23)/b14-11-. The molecule has 0 bridgehead atoms. The van der Waals surface area contributed by atoms with Crippen LogP contribution >= 0.6 is 0 Å². The van der Waals surface area contributed by atoms with Crippen LogP contribution in [-0.4, -0.2) is 23.5 Å². The van der Waals surface area contributed by atoms with Gasteiger partial charge in [-0.15, -0.1) is 0 Å². The number of pyridine rings is 1. The molecular formula is C18H16N4O3. The second-order valence-corrected chi connectivity index (χ2v) is 4.81. The molecule has 2 aromatic rings. The Balaban J connectivity index is 2.02. The zero-order valence-electron chi connectivity index (χ0n) is 13.5. The third kappa shape index (κ3) is 5.18. The number of rotatable bonds is 6. The van der Waals surface area contributed by atoms with E-state index in [0.717, 1.165) is 0 Å². The summed E-state index contributed by atoms with van der Waals surface area (Å²) in [5, 5.41) is 14.6. The van der Waals surface area contributed by atoms with E-state index in [9.17, 15) is 9.59 Å². The Labute approximate surface area is 145 Å². The van der Waals surface area contributed by atoms with Crippen LogP contribution in [0, 0.1) is 11.3 Å². The molecule has 0 unspecified atom stereocenters. The van der Waals surface area contributed by atoms with Crippen molar-refractivity contribution in [3.63, 3.8) is 0 Å². The second-order valence-electron chi connectivity index (χ2n) is 4.81. The highest BCUT2D eigenvalue weighted by Crippen LogP contribution is 2.12. The summed E-state index contributed by atoms with van der Waals surface area (Å²) in [6, 6.07) is 11.5. The van der Waals surface area contributed by atoms with Gasteiger partial charge < -0.3 is 15.4 Å². The van der Waals surface area contributed by atoms with E-state index in [1.807, 2.05) is 6.07 Å². The summed E-state index contributed by atoms with van der Waals surface area (Å²) in [7, 11) is 0. The molecule has 1 amide bonds. The van der Waals surface area contributed by atoms with Crippen LogP contribution in [-0.2, 0) is 9.53 Å². The summed E-state index contributed by atoms with van der Waals surface area (Å²) in [5.41, 5.74) is 1.40. The average molecular weight is 336 g/mol. The molecule has 25 heavy (non-hydrogen) atoms. The van der Waals surface area contributed by atoms with Crippen molar-refractivity contribution < 1.29 is 14.3 Å². The Hall–Kier alpha value is -3.66. The van der Waals surface area contributed by atoms with Crippen molar-refractivity contribution in [1.82, 2.24) is 4.98 Å². The minimum absolute atomic E-state index is 0.0988. The lowest BCUT2D eigenvalue weighted by atomic mass is 10.2. The van der Waals surface area contributed by atoms with Gasteiger partial charge >= 0.3 is 5.97 Å². The topological polar surface area (TPSA) is 104 Å². The maximum absolute atomic E-state index is 12.1. The molecule has 0 aliphatic rings. The van der Waals surface area contributed by atoms with Crippen LogP contribution in [0.3, 0.4) is 0 Å². The van der Waals surface area contributed by atoms with E-state index in [1.165, 1.54) is 18.3 Å². The number of esters is 1. The van der Waals surface area contributed by atoms with Crippen LogP contribution in [0.4, 0.5) is 11.4 Å². The summed E-state index contributed by atoms with van der Waals surface area (Å²) >= 11 is 0. The fourth-order valence-corrected chi connectivity index (χ4v) is 1.85. The van der Waals surface area contributed by atoms with E-state index in [-0.39, 0.29) is 12.2 Å². The molecule has 2 N–H and O–H groups in total. The number of amides is 1. The first-order valence-corrected chi connectivity index (χ1v) is 7.49. The average Bonchev–Trinajstić information content (AvgIpc) is 2.64. The molecule has 1 heterocycles. The van der Waals surface area contributed by atoms with Crippen LogP contribution in [0.5, 0.6) is 0 Å². The Morgan fingerprint density at radius 2 is 2.00 bits per heavy atom. The summed E-state index contributed by atoms with van der Waals surface area (Å²) in [4.78, 5) is 27.6. The Kier molecular flexibility index (Phi) is 6.25. The Bertz CT molecular complexity index is 808. The van der Waals surface area contributed by atoms with Gasteiger partial charge in [0.15, 0.2) is 0 Å². The molecule has 0 saturated heterocycles. The summed E-state index contributed by atoms with van der Waals surface area (Å²) in [5.74, 6) is -0.999. The number of aromatic nitrogens is 1. The van der Waals surface area contributed by atoms with Crippen LogP contribution in [0.1, 0.15) is 17.3 Å². The Morgan fingerprint density at radius 1 is 1.24 bits per heavy atom. The quantitative estimate of drug-likeness (QED) is 0.477. The lowest BCUT2D eigenvalue weighted by Crippen LogP contribution is -2.14. The molecule has 0 saturated carbocycles. The fourth-order valence-electron chi connectivity index (χ4n) is 1.85. The van der Waals surface area contributed by atoms with Gasteiger partial charge in [0.05, 0.1) is 24.1 Å². The van der Waals surface area contributed by atoms with Crippen LogP contribution in [0.15, 0.2) is 60.6 Å². The Morgan fingerprint density at radius 3 is 2.60 bits per heavy atom. The molecule has 126 valence electrons. The van der Waals surface area contributed by atoms with Gasteiger partial charge in [0.25, 0.3) is 5.91 Å². The minimum Gasteiger partial charge on any atom is -0.462 e. The van der Waals surface area contributed by atoms with E-state index in [2.05, 4.69) is 15.6 Å². The number of ether oxygens (including phenoxy) is 1. The van der Waals surface area contributed by atoms with Gasteiger partial charge in [-0.25, -0.2) is 4.79 Å². The van der Waals surface area contributed by atoms with Gasteiger partial charge in [0, 0.05) is 18.1 Å². The van der Waals surface area contributed by atoms with Gasteiger partial charge in [-0.3, -0.25) is 9.78 Å². The number of hydrogen-bond acceptors (Lipinski definition) is 6. The number of carbonyl (C=O) groups is 2. The van der Waals surface area contributed by atoms with Crippen molar-refractivity contribution in [2.75, 3.05) is 17.2 Å². The molecule has 7 nitrogen and oxygen atoms in total. The maximum Gasteiger partial charge on any atom is 0.338 e. The number of nitriles is 1. The first kappa shape index (κ1) is 17.7. The molecule has 0 fully saturated rings. The smallest absolute Gasteiger partial charge is 0.338 e. The minimum atomic E-state index is -0.567. The molecule has 1 aromatic carbocycles. The van der Waals surface area contributed by atoms with Gasteiger partial charge in [0.1, 0.15) is 11.6 Å². The van der Waals surface area contributed by atoms with Gasteiger partial charge in [-0.2, -0.15) is 5.26 Å². The molecule has 0 aliphatic heterocycles. The first-order chi connectivity index (χ1) is 12.1. The van der Waals surface area contributed by atoms with Crippen molar-refractivity contribution in [1.29, 1.82) is 5.26 Å². The number of anilines is 2. The molecule has 0 atom stereocenters. The van der Waals surface area contributed by atoms with Gasteiger partial charge in [0.2, 0.25) is 0 Å². The third-order valence-electron chi connectivity index (χ3n) is 3.06. The first-order valence-electron chi connectivity index (χ1n) is 7.49.